The van der Waals surface area contributed by atoms with Crippen LogP contribution in [0.15, 0.2) is 18.2 Å². The van der Waals surface area contributed by atoms with Crippen LogP contribution in [-0.2, 0) is 14.2 Å². The maximum absolute atomic E-state index is 5.70. The quantitative estimate of drug-likeness (QED) is 0.690. The van der Waals surface area contributed by atoms with Gasteiger partial charge in [0.25, 0.3) is 0 Å². The number of benzene rings is 1. The summed E-state index contributed by atoms with van der Waals surface area (Å²) in [5, 5.41) is 0. The second-order valence-corrected chi connectivity index (χ2v) is 4.80. The van der Waals surface area contributed by atoms with Crippen molar-refractivity contribution >= 4 is 0 Å². The van der Waals surface area contributed by atoms with E-state index in [-0.39, 0.29) is 12.4 Å². The lowest BCUT2D eigenvalue weighted by atomic mass is 10.2. The Morgan fingerprint density at radius 2 is 1.95 bits per heavy atom. The zero-order valence-electron chi connectivity index (χ0n) is 13.0. The Hall–Kier alpha value is -1.30. The van der Waals surface area contributed by atoms with Crippen LogP contribution in [0.3, 0.4) is 0 Å². The van der Waals surface area contributed by atoms with E-state index in [1.54, 1.807) is 0 Å². The van der Waals surface area contributed by atoms with Gasteiger partial charge in [-0.1, -0.05) is 6.07 Å². The van der Waals surface area contributed by atoms with Crippen molar-refractivity contribution in [1.82, 2.24) is 0 Å². The molecule has 2 unspecified atom stereocenters. The Kier molecular flexibility index (Phi) is 6.29. The van der Waals surface area contributed by atoms with Crippen LogP contribution in [0, 0.1) is 0 Å². The fourth-order valence-corrected chi connectivity index (χ4v) is 2.10. The summed E-state index contributed by atoms with van der Waals surface area (Å²) in [6.07, 6.45) is -0.204. The first-order chi connectivity index (χ1) is 10.2. The number of hydrogen-bond acceptors (Lipinski definition) is 5. The molecular weight excluding hydrogens is 272 g/mol. The normalized spacial score (nSPS) is 21.5. The van der Waals surface area contributed by atoms with Crippen molar-refractivity contribution in [2.75, 3.05) is 33.0 Å². The van der Waals surface area contributed by atoms with Crippen molar-refractivity contribution in [2.45, 2.75) is 33.2 Å². The van der Waals surface area contributed by atoms with E-state index in [0.717, 1.165) is 5.56 Å². The molecular formula is C16H24O5. The van der Waals surface area contributed by atoms with Crippen LogP contribution in [0.2, 0.25) is 0 Å². The average molecular weight is 296 g/mol. The third-order valence-corrected chi connectivity index (χ3v) is 3.07. The minimum Gasteiger partial charge on any atom is -0.490 e. The van der Waals surface area contributed by atoms with Crippen LogP contribution < -0.4 is 9.47 Å². The molecule has 1 aromatic rings. The second-order valence-electron chi connectivity index (χ2n) is 4.80. The van der Waals surface area contributed by atoms with Crippen molar-refractivity contribution in [1.29, 1.82) is 0 Å². The topological polar surface area (TPSA) is 46.2 Å². The Balaban J connectivity index is 2.03. The number of rotatable bonds is 8. The standard InChI is InChI=1S/C16H24O5/c1-4-17-8-9-19-14-7-6-13(10-15(14)18-5-2)16-20-11-12(3)21-16/h6-7,10,12,16H,4-5,8-9,11H2,1-3H3. The molecule has 0 N–H and O–H groups in total. The molecule has 1 heterocycles. The van der Waals surface area contributed by atoms with Crippen molar-refractivity contribution in [3.05, 3.63) is 23.8 Å². The molecule has 0 spiro atoms. The summed E-state index contributed by atoms with van der Waals surface area (Å²) >= 11 is 0. The van der Waals surface area contributed by atoms with E-state index in [0.29, 0.717) is 44.5 Å². The summed E-state index contributed by atoms with van der Waals surface area (Å²) in [6, 6.07) is 5.76. The molecule has 0 radical (unpaired) electrons. The molecule has 0 aliphatic carbocycles. The molecule has 0 aromatic heterocycles. The Morgan fingerprint density at radius 3 is 2.62 bits per heavy atom. The highest BCUT2D eigenvalue weighted by molar-refractivity contribution is 5.43. The lowest BCUT2D eigenvalue weighted by Gasteiger charge is -2.16. The third kappa shape index (κ3) is 4.59. The highest BCUT2D eigenvalue weighted by Gasteiger charge is 2.25. The first kappa shape index (κ1) is 16.1. The third-order valence-electron chi connectivity index (χ3n) is 3.07. The van der Waals surface area contributed by atoms with Crippen LogP contribution in [0.25, 0.3) is 0 Å². The maximum Gasteiger partial charge on any atom is 0.184 e. The zero-order chi connectivity index (χ0) is 15.1. The van der Waals surface area contributed by atoms with Gasteiger partial charge in [-0.25, -0.2) is 0 Å². The predicted molar refractivity (Wildman–Crippen MR) is 78.8 cm³/mol. The molecule has 0 bridgehead atoms. The minimum atomic E-state index is -0.323. The maximum atomic E-state index is 5.70. The Labute approximate surface area is 126 Å². The van der Waals surface area contributed by atoms with Gasteiger partial charge < -0.3 is 23.7 Å². The van der Waals surface area contributed by atoms with Gasteiger partial charge in [-0.2, -0.15) is 0 Å². The minimum absolute atomic E-state index is 0.118. The summed E-state index contributed by atoms with van der Waals surface area (Å²) < 4.78 is 27.9. The van der Waals surface area contributed by atoms with Gasteiger partial charge in [-0.05, 0) is 32.9 Å². The van der Waals surface area contributed by atoms with Gasteiger partial charge in [-0.15, -0.1) is 0 Å². The van der Waals surface area contributed by atoms with Crippen LogP contribution in [-0.4, -0.2) is 39.1 Å². The Morgan fingerprint density at radius 1 is 1.10 bits per heavy atom. The molecule has 0 amide bonds. The van der Waals surface area contributed by atoms with Crippen molar-refractivity contribution in [3.63, 3.8) is 0 Å². The van der Waals surface area contributed by atoms with E-state index in [1.807, 2.05) is 39.0 Å². The smallest absolute Gasteiger partial charge is 0.184 e. The summed E-state index contributed by atoms with van der Waals surface area (Å²) in [4.78, 5) is 0. The van der Waals surface area contributed by atoms with Crippen LogP contribution >= 0.6 is 0 Å². The zero-order valence-corrected chi connectivity index (χ0v) is 13.0. The lowest BCUT2D eigenvalue weighted by Crippen LogP contribution is -2.08. The molecule has 1 fully saturated rings. The molecule has 1 saturated heterocycles. The van der Waals surface area contributed by atoms with Gasteiger partial charge in [0, 0.05) is 12.2 Å². The van der Waals surface area contributed by atoms with Gasteiger partial charge >= 0.3 is 0 Å². The fraction of sp³-hybridized carbons (Fsp3) is 0.625. The molecule has 5 nitrogen and oxygen atoms in total. The second kappa shape index (κ2) is 8.22. The summed E-state index contributed by atoms with van der Waals surface area (Å²) in [5.74, 6) is 1.42. The summed E-state index contributed by atoms with van der Waals surface area (Å²) in [5.41, 5.74) is 0.944. The predicted octanol–water partition coefficient (Wildman–Crippen LogP) is 2.93. The van der Waals surface area contributed by atoms with E-state index in [9.17, 15) is 0 Å². The van der Waals surface area contributed by atoms with Gasteiger partial charge in [0.05, 0.1) is 25.9 Å². The molecule has 2 atom stereocenters. The van der Waals surface area contributed by atoms with Gasteiger partial charge in [0.15, 0.2) is 17.8 Å². The largest absolute Gasteiger partial charge is 0.490 e. The van der Waals surface area contributed by atoms with Crippen molar-refractivity contribution in [2.24, 2.45) is 0 Å². The molecule has 1 aliphatic rings. The Bertz CT molecular complexity index is 435. The van der Waals surface area contributed by atoms with E-state index in [4.69, 9.17) is 23.7 Å². The molecule has 1 aromatic carbocycles. The van der Waals surface area contributed by atoms with E-state index < -0.39 is 0 Å². The lowest BCUT2D eigenvalue weighted by molar-refractivity contribution is -0.0573. The van der Waals surface area contributed by atoms with Gasteiger partial charge in [0.1, 0.15) is 6.61 Å². The molecule has 1 aliphatic heterocycles. The van der Waals surface area contributed by atoms with Gasteiger partial charge in [0.2, 0.25) is 0 Å². The van der Waals surface area contributed by atoms with E-state index in [1.165, 1.54) is 0 Å². The number of ether oxygens (including phenoxy) is 5. The molecule has 118 valence electrons. The SMILES string of the molecule is CCOCCOc1ccc(C2OCC(C)O2)cc1OCC. The molecule has 21 heavy (non-hydrogen) atoms. The van der Waals surface area contributed by atoms with Crippen LogP contribution in [0.1, 0.15) is 32.6 Å². The highest BCUT2D eigenvalue weighted by Crippen LogP contribution is 2.34. The van der Waals surface area contributed by atoms with Gasteiger partial charge in [-0.3, -0.25) is 0 Å². The summed E-state index contributed by atoms with van der Waals surface area (Å²) in [7, 11) is 0. The monoisotopic (exact) mass is 296 g/mol. The van der Waals surface area contributed by atoms with Crippen molar-refractivity contribution in [3.8, 4) is 11.5 Å². The molecule has 0 saturated carbocycles. The molecule has 5 heteroatoms. The first-order valence-electron chi connectivity index (χ1n) is 7.49. The van der Waals surface area contributed by atoms with E-state index in [2.05, 4.69) is 0 Å². The van der Waals surface area contributed by atoms with Crippen LogP contribution in [0.4, 0.5) is 0 Å². The average Bonchev–Trinajstić information content (AvgIpc) is 2.92. The van der Waals surface area contributed by atoms with E-state index >= 15 is 0 Å². The number of hydrogen-bond donors (Lipinski definition) is 0. The highest BCUT2D eigenvalue weighted by atomic mass is 16.7. The first-order valence-corrected chi connectivity index (χ1v) is 7.49. The summed E-state index contributed by atoms with van der Waals surface area (Å²) in [6.45, 7) is 8.85. The van der Waals surface area contributed by atoms with Crippen LogP contribution in [0.5, 0.6) is 11.5 Å². The van der Waals surface area contributed by atoms with Crippen molar-refractivity contribution < 1.29 is 23.7 Å². The fourth-order valence-electron chi connectivity index (χ4n) is 2.10. The molecule has 2 rings (SSSR count).